The summed E-state index contributed by atoms with van der Waals surface area (Å²) < 4.78 is 12.9. The van der Waals surface area contributed by atoms with Crippen LogP contribution in [0.25, 0.3) is 0 Å². The lowest BCUT2D eigenvalue weighted by molar-refractivity contribution is 0.0685. The van der Waals surface area contributed by atoms with Crippen LogP contribution in [0.3, 0.4) is 0 Å². The fraction of sp³-hybridized carbons (Fsp3) is 0.625. The van der Waals surface area contributed by atoms with E-state index in [-0.39, 0.29) is 23.8 Å². The van der Waals surface area contributed by atoms with Gasteiger partial charge in [0.15, 0.2) is 5.89 Å². The highest BCUT2D eigenvalue weighted by molar-refractivity contribution is 5.92. The highest BCUT2D eigenvalue weighted by atomic mass is 16.5. The molecule has 0 N–H and O–H groups in total. The zero-order valence-electron chi connectivity index (χ0n) is 14.7. The number of aryl methyl sites for hydroxylation is 2. The molecule has 1 amide bonds. The molecule has 0 aromatic carbocycles. The van der Waals surface area contributed by atoms with Crippen LogP contribution in [0.2, 0.25) is 0 Å². The molecular formula is C16H23N5O3. The molecular weight excluding hydrogens is 310 g/mol. The van der Waals surface area contributed by atoms with Crippen LogP contribution in [0.1, 0.15) is 53.5 Å². The number of methoxy groups -OCH3 is 1. The van der Waals surface area contributed by atoms with Crippen LogP contribution in [-0.4, -0.2) is 57.1 Å². The van der Waals surface area contributed by atoms with Gasteiger partial charge in [0.2, 0.25) is 5.76 Å². The average molecular weight is 333 g/mol. The number of ether oxygens (including phenoxy) is 1. The van der Waals surface area contributed by atoms with Gasteiger partial charge in [-0.3, -0.25) is 9.48 Å². The van der Waals surface area contributed by atoms with Gasteiger partial charge in [0.05, 0.1) is 23.4 Å². The number of nitrogens with zero attached hydrogens (tertiary/aromatic N) is 5. The van der Waals surface area contributed by atoms with E-state index in [4.69, 9.17) is 9.15 Å². The number of amides is 1. The first kappa shape index (κ1) is 16.6. The first-order valence-electron chi connectivity index (χ1n) is 8.06. The van der Waals surface area contributed by atoms with Crippen molar-refractivity contribution >= 4 is 5.91 Å². The summed E-state index contributed by atoms with van der Waals surface area (Å²) in [5.41, 5.74) is 1.46. The van der Waals surface area contributed by atoms with E-state index in [0.29, 0.717) is 30.4 Å². The molecule has 8 heteroatoms. The van der Waals surface area contributed by atoms with E-state index in [9.17, 15) is 4.79 Å². The molecule has 0 aliphatic carbocycles. The third-order valence-electron chi connectivity index (χ3n) is 4.36. The Morgan fingerprint density at radius 3 is 2.71 bits per heavy atom. The molecule has 8 nitrogen and oxygen atoms in total. The molecule has 2 atom stereocenters. The van der Waals surface area contributed by atoms with Crippen molar-refractivity contribution in [3.63, 3.8) is 0 Å². The van der Waals surface area contributed by atoms with Gasteiger partial charge in [0.25, 0.3) is 5.91 Å². The summed E-state index contributed by atoms with van der Waals surface area (Å²) in [5.74, 6) is 0.890. The van der Waals surface area contributed by atoms with Crippen molar-refractivity contribution < 1.29 is 13.9 Å². The molecule has 0 radical (unpaired) electrons. The Morgan fingerprint density at radius 2 is 2.17 bits per heavy atom. The van der Waals surface area contributed by atoms with Gasteiger partial charge in [-0.15, -0.1) is 5.10 Å². The predicted molar refractivity (Wildman–Crippen MR) is 85.8 cm³/mol. The lowest BCUT2D eigenvalue weighted by Crippen LogP contribution is -2.30. The fourth-order valence-electron chi connectivity index (χ4n) is 3.00. The molecule has 24 heavy (non-hydrogen) atoms. The monoisotopic (exact) mass is 333 g/mol. The first-order chi connectivity index (χ1) is 11.4. The molecule has 2 aromatic heterocycles. The first-order valence-corrected chi connectivity index (χ1v) is 8.06. The molecule has 130 valence electrons. The van der Waals surface area contributed by atoms with E-state index in [0.717, 1.165) is 5.69 Å². The molecule has 0 spiro atoms. The number of hydrogen-bond acceptors (Lipinski definition) is 6. The van der Waals surface area contributed by atoms with Crippen LogP contribution < -0.4 is 0 Å². The van der Waals surface area contributed by atoms with Gasteiger partial charge in [-0.05, 0) is 6.92 Å². The third-order valence-corrected chi connectivity index (χ3v) is 4.36. The molecule has 0 bridgehead atoms. The third kappa shape index (κ3) is 2.93. The van der Waals surface area contributed by atoms with Crippen molar-refractivity contribution in [1.82, 2.24) is 24.9 Å². The van der Waals surface area contributed by atoms with Gasteiger partial charge < -0.3 is 14.1 Å². The smallest absolute Gasteiger partial charge is 0.291 e. The minimum Gasteiger partial charge on any atom is -0.435 e. The molecule has 1 aliphatic heterocycles. The zero-order chi connectivity index (χ0) is 17.4. The van der Waals surface area contributed by atoms with Gasteiger partial charge >= 0.3 is 0 Å². The summed E-state index contributed by atoms with van der Waals surface area (Å²) in [4.78, 5) is 18.9. The fourth-order valence-corrected chi connectivity index (χ4v) is 3.00. The Kier molecular flexibility index (Phi) is 4.40. The number of hydrogen-bond donors (Lipinski definition) is 0. The summed E-state index contributed by atoms with van der Waals surface area (Å²) >= 11 is 0. The lowest BCUT2D eigenvalue weighted by Gasteiger charge is -2.14. The average Bonchev–Trinajstić information content (AvgIpc) is 3.23. The molecule has 1 saturated heterocycles. The van der Waals surface area contributed by atoms with Gasteiger partial charge in [0.1, 0.15) is 0 Å². The summed E-state index contributed by atoms with van der Waals surface area (Å²) in [6.07, 6.45) is 1.75. The Balaban J connectivity index is 1.81. The summed E-state index contributed by atoms with van der Waals surface area (Å²) in [5, 5.41) is 8.14. The number of rotatable bonds is 4. The molecule has 2 aromatic rings. The van der Waals surface area contributed by atoms with Gasteiger partial charge in [-0.1, -0.05) is 19.1 Å². The highest BCUT2D eigenvalue weighted by Gasteiger charge is 2.39. The maximum Gasteiger partial charge on any atom is 0.291 e. The zero-order valence-corrected chi connectivity index (χ0v) is 14.7. The second kappa shape index (κ2) is 6.35. The van der Waals surface area contributed by atoms with Crippen molar-refractivity contribution in [3.05, 3.63) is 29.2 Å². The van der Waals surface area contributed by atoms with Crippen LogP contribution in [0.5, 0.6) is 0 Å². The van der Waals surface area contributed by atoms with Crippen LogP contribution in [0, 0.1) is 6.92 Å². The number of aromatic nitrogens is 4. The van der Waals surface area contributed by atoms with E-state index >= 15 is 0 Å². The van der Waals surface area contributed by atoms with Crippen molar-refractivity contribution in [2.45, 2.75) is 38.7 Å². The quantitative estimate of drug-likeness (QED) is 0.842. The minimum absolute atomic E-state index is 0.000414. The Hall–Kier alpha value is -2.22. The normalized spacial score (nSPS) is 21.0. The standard InChI is InChI=1S/C16H23N5O3/c1-9(2)15-17-10(3)14(24-15)16(22)21-6-11(13(8-21)23-5)12-7-20(4)19-18-12/h7,9,11,13H,6,8H2,1-5H3/t11-,13+/m0/s1. The van der Waals surface area contributed by atoms with Crippen LogP contribution in [0.4, 0.5) is 0 Å². The predicted octanol–water partition coefficient (Wildman–Crippen LogP) is 1.49. The Morgan fingerprint density at radius 1 is 1.42 bits per heavy atom. The van der Waals surface area contributed by atoms with E-state index in [2.05, 4.69) is 15.3 Å². The Labute approximate surface area is 140 Å². The maximum absolute atomic E-state index is 12.8. The molecule has 0 unspecified atom stereocenters. The second-order valence-corrected chi connectivity index (χ2v) is 6.53. The van der Waals surface area contributed by atoms with Crippen LogP contribution >= 0.6 is 0 Å². The molecule has 1 aliphatic rings. The lowest BCUT2D eigenvalue weighted by atomic mass is 10.0. The number of carbonyl (C=O) groups excluding carboxylic acids is 1. The second-order valence-electron chi connectivity index (χ2n) is 6.53. The topological polar surface area (TPSA) is 86.3 Å². The molecule has 3 rings (SSSR count). The van der Waals surface area contributed by atoms with Crippen LogP contribution in [0.15, 0.2) is 10.6 Å². The van der Waals surface area contributed by atoms with Crippen LogP contribution in [-0.2, 0) is 11.8 Å². The van der Waals surface area contributed by atoms with E-state index < -0.39 is 0 Å². The van der Waals surface area contributed by atoms with E-state index in [1.54, 1.807) is 23.6 Å². The van der Waals surface area contributed by atoms with E-state index in [1.165, 1.54) is 0 Å². The summed E-state index contributed by atoms with van der Waals surface area (Å²) in [6, 6.07) is 0. The minimum atomic E-state index is -0.152. The number of carbonyl (C=O) groups is 1. The highest BCUT2D eigenvalue weighted by Crippen LogP contribution is 2.30. The molecule has 1 fully saturated rings. The molecule has 0 saturated carbocycles. The Bertz CT molecular complexity index is 736. The van der Waals surface area contributed by atoms with Gasteiger partial charge in [-0.2, -0.15) is 0 Å². The van der Waals surface area contributed by atoms with Crippen molar-refractivity contribution in [3.8, 4) is 0 Å². The number of likely N-dealkylation sites (tertiary alicyclic amines) is 1. The van der Waals surface area contributed by atoms with Crippen molar-refractivity contribution in [2.75, 3.05) is 20.2 Å². The van der Waals surface area contributed by atoms with Crippen molar-refractivity contribution in [2.24, 2.45) is 7.05 Å². The van der Waals surface area contributed by atoms with Gasteiger partial charge in [0, 0.05) is 39.4 Å². The maximum atomic E-state index is 12.8. The number of oxazole rings is 1. The SMILES string of the molecule is CO[C@@H]1CN(C(=O)c2oc(C(C)C)nc2C)C[C@H]1c1cn(C)nn1. The van der Waals surface area contributed by atoms with E-state index in [1.807, 2.05) is 27.1 Å². The van der Waals surface area contributed by atoms with Gasteiger partial charge in [-0.25, -0.2) is 4.98 Å². The molecule has 3 heterocycles. The summed E-state index contributed by atoms with van der Waals surface area (Å²) in [6.45, 7) is 6.79. The largest absolute Gasteiger partial charge is 0.435 e. The van der Waals surface area contributed by atoms with Crippen molar-refractivity contribution in [1.29, 1.82) is 0 Å². The summed E-state index contributed by atoms with van der Waals surface area (Å²) in [7, 11) is 3.47.